The second-order valence-corrected chi connectivity index (χ2v) is 3.15. The summed E-state index contributed by atoms with van der Waals surface area (Å²) in [5.74, 6) is -1.40. The molecule has 0 aromatic rings. The number of guanidine groups is 1. The summed E-state index contributed by atoms with van der Waals surface area (Å²) >= 11 is 0.872. The molecule has 0 rings (SSSR count). The maximum Gasteiger partial charge on any atom is 0.329 e. The summed E-state index contributed by atoms with van der Waals surface area (Å²) in [6.07, 6.45) is 0. The van der Waals surface area contributed by atoms with Gasteiger partial charge < -0.3 is 22.3 Å². The first-order valence-corrected chi connectivity index (χ1v) is 4.20. The number of hydrogen-bond acceptors (Lipinski definition) is 4. The summed E-state index contributed by atoms with van der Waals surface area (Å²) in [4.78, 5) is 14.0. The number of hydrogen-bond donors (Lipinski definition) is 5. The van der Waals surface area contributed by atoms with Crippen molar-refractivity contribution >= 4 is 28.9 Å². The second-order valence-electron chi connectivity index (χ2n) is 2.08. The van der Waals surface area contributed by atoms with Crippen LogP contribution in [0.5, 0.6) is 0 Å². The van der Waals surface area contributed by atoms with Crippen LogP contribution >= 0.6 is 11.8 Å². The SMILES string of the molecule is N=C(N)SCC(N=C(N)N)C(=O)O. The van der Waals surface area contributed by atoms with E-state index in [1.807, 2.05) is 0 Å². The molecule has 0 radical (unpaired) electrons. The highest BCUT2D eigenvalue weighted by Crippen LogP contribution is 2.04. The van der Waals surface area contributed by atoms with Crippen molar-refractivity contribution in [3.8, 4) is 0 Å². The van der Waals surface area contributed by atoms with E-state index in [2.05, 4.69) is 4.99 Å². The van der Waals surface area contributed by atoms with Crippen molar-refractivity contribution in [2.24, 2.45) is 22.2 Å². The van der Waals surface area contributed by atoms with Gasteiger partial charge in [0.25, 0.3) is 0 Å². The minimum Gasteiger partial charge on any atom is -0.480 e. The van der Waals surface area contributed by atoms with Crippen LogP contribution in [-0.2, 0) is 4.79 Å². The molecule has 8 N–H and O–H groups in total. The topological polar surface area (TPSA) is 152 Å². The molecule has 0 spiro atoms. The van der Waals surface area contributed by atoms with Gasteiger partial charge in [0.05, 0.1) is 0 Å². The molecule has 0 aliphatic rings. The molecule has 7 nitrogen and oxygen atoms in total. The maximum atomic E-state index is 10.5. The Morgan fingerprint density at radius 2 is 2.08 bits per heavy atom. The predicted molar refractivity (Wildman–Crippen MR) is 51.6 cm³/mol. The quantitative estimate of drug-likeness (QED) is 0.273. The van der Waals surface area contributed by atoms with Crippen molar-refractivity contribution in [2.45, 2.75) is 6.04 Å². The molecule has 1 unspecified atom stereocenters. The molecule has 13 heavy (non-hydrogen) atoms. The molecule has 0 saturated heterocycles. The molecule has 0 heterocycles. The Labute approximate surface area is 78.9 Å². The summed E-state index contributed by atoms with van der Waals surface area (Å²) < 4.78 is 0. The Morgan fingerprint density at radius 1 is 1.54 bits per heavy atom. The Balaban J connectivity index is 4.19. The predicted octanol–water partition coefficient (Wildman–Crippen LogP) is -1.66. The highest BCUT2D eigenvalue weighted by Gasteiger charge is 2.16. The van der Waals surface area contributed by atoms with E-state index in [1.54, 1.807) is 0 Å². The van der Waals surface area contributed by atoms with Gasteiger partial charge in [-0.05, 0) is 0 Å². The Hall–Kier alpha value is -1.44. The number of aliphatic imine (C=N–C) groups is 1. The molecule has 0 bridgehead atoms. The lowest BCUT2D eigenvalue weighted by Crippen LogP contribution is -2.30. The van der Waals surface area contributed by atoms with Crippen LogP contribution in [0.1, 0.15) is 0 Å². The molecule has 8 heteroatoms. The molecule has 0 aliphatic heterocycles. The van der Waals surface area contributed by atoms with Crippen LogP contribution in [-0.4, -0.2) is 34.0 Å². The van der Waals surface area contributed by atoms with Crippen molar-refractivity contribution in [3.05, 3.63) is 0 Å². The van der Waals surface area contributed by atoms with E-state index < -0.39 is 12.0 Å². The van der Waals surface area contributed by atoms with E-state index >= 15 is 0 Å². The maximum absolute atomic E-state index is 10.5. The lowest BCUT2D eigenvalue weighted by molar-refractivity contribution is -0.137. The Kier molecular flexibility index (Phi) is 4.67. The van der Waals surface area contributed by atoms with Crippen LogP contribution in [0, 0.1) is 5.41 Å². The number of carbonyl (C=O) groups is 1. The van der Waals surface area contributed by atoms with E-state index in [4.69, 9.17) is 27.7 Å². The van der Waals surface area contributed by atoms with Gasteiger partial charge in [0.15, 0.2) is 17.2 Å². The standard InChI is InChI=1S/C5H11N5O2S/c6-4(7)10-2(3(11)12)1-13-5(8)9/h2H,1H2,(H3,8,9)(H,11,12)(H4,6,7,10). The average Bonchev–Trinajstić information content (AvgIpc) is 1.96. The number of carboxylic acids is 1. The molecule has 0 aliphatic carbocycles. The van der Waals surface area contributed by atoms with E-state index in [-0.39, 0.29) is 16.9 Å². The lowest BCUT2D eigenvalue weighted by Gasteiger charge is -2.05. The number of aliphatic carboxylic acids is 1. The van der Waals surface area contributed by atoms with Gasteiger partial charge in [-0.25, -0.2) is 9.79 Å². The first-order valence-electron chi connectivity index (χ1n) is 3.22. The molecule has 0 fully saturated rings. The van der Waals surface area contributed by atoms with Crippen LogP contribution in [0.4, 0.5) is 0 Å². The number of thioether (sulfide) groups is 1. The zero-order valence-electron chi connectivity index (χ0n) is 6.73. The van der Waals surface area contributed by atoms with E-state index in [0.717, 1.165) is 11.8 Å². The van der Waals surface area contributed by atoms with Crippen LogP contribution in [0.15, 0.2) is 4.99 Å². The number of nitrogens with zero attached hydrogens (tertiary/aromatic N) is 1. The zero-order valence-corrected chi connectivity index (χ0v) is 7.54. The van der Waals surface area contributed by atoms with Crippen molar-refractivity contribution in [3.63, 3.8) is 0 Å². The van der Waals surface area contributed by atoms with Gasteiger partial charge in [-0.2, -0.15) is 0 Å². The first-order chi connectivity index (χ1) is 5.93. The minimum absolute atomic E-state index is 0.0442. The van der Waals surface area contributed by atoms with Gasteiger partial charge in [-0.15, -0.1) is 0 Å². The molecule has 0 saturated carbocycles. The second kappa shape index (κ2) is 5.25. The van der Waals surface area contributed by atoms with E-state index in [9.17, 15) is 4.79 Å². The first kappa shape index (κ1) is 11.6. The average molecular weight is 205 g/mol. The largest absolute Gasteiger partial charge is 0.480 e. The fraction of sp³-hybridized carbons (Fsp3) is 0.400. The summed E-state index contributed by atoms with van der Waals surface area (Å²) in [7, 11) is 0. The smallest absolute Gasteiger partial charge is 0.329 e. The van der Waals surface area contributed by atoms with Gasteiger partial charge >= 0.3 is 5.97 Å². The normalized spacial score (nSPS) is 11.7. The van der Waals surface area contributed by atoms with E-state index in [1.165, 1.54) is 0 Å². The van der Waals surface area contributed by atoms with Gasteiger partial charge in [0.2, 0.25) is 0 Å². The van der Waals surface area contributed by atoms with Crippen LogP contribution < -0.4 is 17.2 Å². The number of rotatable bonds is 4. The van der Waals surface area contributed by atoms with Crippen LogP contribution in [0.3, 0.4) is 0 Å². The summed E-state index contributed by atoms with van der Waals surface area (Å²) in [6, 6.07) is -1.06. The van der Waals surface area contributed by atoms with Gasteiger partial charge in [0, 0.05) is 5.75 Å². The molecule has 0 amide bonds. The third kappa shape index (κ3) is 5.79. The molecule has 74 valence electrons. The molecule has 0 aromatic carbocycles. The summed E-state index contributed by atoms with van der Waals surface area (Å²) in [6.45, 7) is 0. The third-order valence-electron chi connectivity index (χ3n) is 0.987. The minimum atomic E-state index is -1.15. The number of amidine groups is 1. The Bertz CT molecular complexity index is 237. The third-order valence-corrected chi connectivity index (χ3v) is 1.78. The van der Waals surface area contributed by atoms with Crippen molar-refractivity contribution in [2.75, 3.05) is 5.75 Å². The van der Waals surface area contributed by atoms with Gasteiger partial charge in [0.1, 0.15) is 0 Å². The summed E-state index contributed by atoms with van der Waals surface area (Å²) in [5, 5.41) is 15.3. The van der Waals surface area contributed by atoms with Gasteiger partial charge in [-0.3, -0.25) is 5.41 Å². The number of nitrogens with two attached hydrogens (primary N) is 3. The summed E-state index contributed by atoms with van der Waals surface area (Å²) in [5.41, 5.74) is 15.0. The molecule has 0 aromatic heterocycles. The van der Waals surface area contributed by atoms with E-state index in [0.29, 0.717) is 0 Å². The molecular formula is C5H11N5O2S. The molecule has 1 atom stereocenters. The monoisotopic (exact) mass is 205 g/mol. The molecular weight excluding hydrogens is 194 g/mol. The number of nitrogens with one attached hydrogen (secondary N) is 1. The Morgan fingerprint density at radius 3 is 2.38 bits per heavy atom. The lowest BCUT2D eigenvalue weighted by atomic mass is 10.4. The van der Waals surface area contributed by atoms with Crippen molar-refractivity contribution in [1.82, 2.24) is 0 Å². The fourth-order valence-corrected chi connectivity index (χ4v) is 1.07. The zero-order chi connectivity index (χ0) is 10.4. The highest BCUT2D eigenvalue weighted by atomic mass is 32.2. The van der Waals surface area contributed by atoms with Crippen LogP contribution in [0.2, 0.25) is 0 Å². The van der Waals surface area contributed by atoms with Crippen molar-refractivity contribution in [1.29, 1.82) is 5.41 Å². The van der Waals surface area contributed by atoms with Crippen molar-refractivity contribution < 1.29 is 9.90 Å². The van der Waals surface area contributed by atoms with Gasteiger partial charge in [-0.1, -0.05) is 11.8 Å². The fourth-order valence-electron chi connectivity index (χ4n) is 0.512. The number of carboxylic acid groups (broad SMARTS) is 1. The highest BCUT2D eigenvalue weighted by molar-refractivity contribution is 8.13. The van der Waals surface area contributed by atoms with Crippen LogP contribution in [0.25, 0.3) is 0 Å².